The summed E-state index contributed by atoms with van der Waals surface area (Å²) < 4.78 is 11.2. The van der Waals surface area contributed by atoms with Crippen LogP contribution in [0.2, 0.25) is 0 Å². The molecule has 0 aromatic heterocycles. The molecular weight excluding hydrogens is 180 g/mol. The molecule has 86 valence electrons. The third-order valence-corrected chi connectivity index (χ3v) is 1.91. The average Bonchev–Trinajstić information content (AvgIpc) is 2.12. The zero-order valence-electron chi connectivity index (χ0n) is 9.80. The predicted octanol–water partition coefficient (Wildman–Crippen LogP) is 0.494. The van der Waals surface area contributed by atoms with Crippen LogP contribution in [0.15, 0.2) is 0 Å². The third kappa shape index (κ3) is 6.32. The lowest BCUT2D eigenvalue weighted by Crippen LogP contribution is -2.41. The molecule has 14 heavy (non-hydrogen) atoms. The summed E-state index contributed by atoms with van der Waals surface area (Å²) in [6, 6.07) is 0. The smallest absolute Gasteiger partial charge is 0.0859 e. The van der Waals surface area contributed by atoms with E-state index >= 15 is 0 Å². The number of nitrogens with two attached hydrogens (primary N) is 2. The Hall–Kier alpha value is -0.160. The molecule has 0 rings (SSSR count). The molecule has 0 aromatic rings. The van der Waals surface area contributed by atoms with Crippen molar-refractivity contribution in [3.05, 3.63) is 0 Å². The molecule has 4 N–H and O–H groups in total. The van der Waals surface area contributed by atoms with E-state index in [1.54, 1.807) is 0 Å². The van der Waals surface area contributed by atoms with Gasteiger partial charge in [0.05, 0.1) is 24.4 Å². The first kappa shape index (κ1) is 13.8. The van der Waals surface area contributed by atoms with E-state index in [9.17, 15) is 0 Å². The van der Waals surface area contributed by atoms with Gasteiger partial charge in [0, 0.05) is 13.1 Å². The van der Waals surface area contributed by atoms with Crippen molar-refractivity contribution >= 4 is 0 Å². The lowest BCUT2D eigenvalue weighted by Gasteiger charge is -2.31. The second-order valence-electron chi connectivity index (χ2n) is 4.65. The lowest BCUT2D eigenvalue weighted by atomic mass is 10.1. The first-order valence-electron chi connectivity index (χ1n) is 5.01. The van der Waals surface area contributed by atoms with Crippen LogP contribution in [0, 0.1) is 0 Å². The van der Waals surface area contributed by atoms with E-state index < -0.39 is 0 Å². The van der Waals surface area contributed by atoms with Crippen LogP contribution in [0.3, 0.4) is 0 Å². The van der Waals surface area contributed by atoms with Crippen molar-refractivity contribution in [2.75, 3.05) is 26.3 Å². The normalized spacial score (nSPS) is 13.3. The quantitative estimate of drug-likeness (QED) is 0.633. The summed E-state index contributed by atoms with van der Waals surface area (Å²) in [4.78, 5) is 0. The van der Waals surface area contributed by atoms with Crippen molar-refractivity contribution in [3.63, 3.8) is 0 Å². The summed E-state index contributed by atoms with van der Waals surface area (Å²) in [5.41, 5.74) is 10.3. The highest BCUT2D eigenvalue weighted by molar-refractivity contribution is 4.74. The van der Waals surface area contributed by atoms with Gasteiger partial charge in [-0.2, -0.15) is 0 Å². The molecule has 0 unspecified atom stereocenters. The van der Waals surface area contributed by atoms with Gasteiger partial charge >= 0.3 is 0 Å². The Labute approximate surface area is 86.9 Å². The van der Waals surface area contributed by atoms with Gasteiger partial charge in [0.15, 0.2) is 0 Å². The maximum absolute atomic E-state index is 5.65. The molecule has 0 amide bonds. The molecule has 4 nitrogen and oxygen atoms in total. The number of hydrogen-bond donors (Lipinski definition) is 2. The van der Waals surface area contributed by atoms with Crippen LogP contribution >= 0.6 is 0 Å². The van der Waals surface area contributed by atoms with Crippen LogP contribution in [0.5, 0.6) is 0 Å². The maximum atomic E-state index is 5.65. The molecule has 0 saturated heterocycles. The second-order valence-corrected chi connectivity index (χ2v) is 4.65. The van der Waals surface area contributed by atoms with E-state index in [0.717, 1.165) is 0 Å². The van der Waals surface area contributed by atoms with Gasteiger partial charge in [0.2, 0.25) is 0 Å². The van der Waals surface area contributed by atoms with Gasteiger partial charge in [-0.05, 0) is 27.7 Å². The second kappa shape index (κ2) is 5.66. The van der Waals surface area contributed by atoms with Crippen LogP contribution in [0.4, 0.5) is 0 Å². The van der Waals surface area contributed by atoms with E-state index in [0.29, 0.717) is 26.3 Å². The van der Waals surface area contributed by atoms with E-state index in [1.807, 2.05) is 27.7 Å². The summed E-state index contributed by atoms with van der Waals surface area (Å²) in [7, 11) is 0. The van der Waals surface area contributed by atoms with Gasteiger partial charge in [0.25, 0.3) is 0 Å². The highest BCUT2D eigenvalue weighted by Crippen LogP contribution is 2.14. The molecule has 0 bridgehead atoms. The first-order valence-corrected chi connectivity index (χ1v) is 5.01. The van der Waals surface area contributed by atoms with Gasteiger partial charge in [-0.1, -0.05) is 0 Å². The minimum absolute atomic E-state index is 0.288. The molecule has 0 aliphatic rings. The number of hydrogen-bond acceptors (Lipinski definition) is 4. The summed E-state index contributed by atoms with van der Waals surface area (Å²) >= 11 is 0. The SMILES string of the molecule is CC(C)(CN)OCC(C)(C)OCCN. The van der Waals surface area contributed by atoms with Crippen LogP contribution < -0.4 is 11.5 Å². The molecule has 0 atom stereocenters. The Morgan fingerprint density at radius 1 is 0.929 bits per heavy atom. The molecule has 0 aliphatic heterocycles. The largest absolute Gasteiger partial charge is 0.372 e. The van der Waals surface area contributed by atoms with Gasteiger partial charge < -0.3 is 20.9 Å². The minimum atomic E-state index is -0.300. The van der Waals surface area contributed by atoms with E-state index in [1.165, 1.54) is 0 Å². The van der Waals surface area contributed by atoms with Crippen LogP contribution in [-0.2, 0) is 9.47 Å². The molecule has 0 fully saturated rings. The molecule has 0 saturated carbocycles. The lowest BCUT2D eigenvalue weighted by molar-refractivity contribution is -0.115. The molecule has 0 aromatic carbocycles. The molecular formula is C10H24N2O2. The minimum Gasteiger partial charge on any atom is -0.372 e. The van der Waals surface area contributed by atoms with Crippen molar-refractivity contribution in [1.82, 2.24) is 0 Å². The number of rotatable bonds is 7. The summed E-state index contributed by atoms with van der Waals surface area (Å²) in [5.74, 6) is 0. The van der Waals surface area contributed by atoms with Crippen molar-refractivity contribution in [3.8, 4) is 0 Å². The summed E-state index contributed by atoms with van der Waals surface area (Å²) in [5, 5.41) is 0. The molecule has 0 heterocycles. The Bertz CT molecular complexity index is 158. The van der Waals surface area contributed by atoms with Gasteiger partial charge in [-0.3, -0.25) is 0 Å². The molecule has 0 radical (unpaired) electrons. The van der Waals surface area contributed by atoms with Crippen LogP contribution in [-0.4, -0.2) is 37.5 Å². The highest BCUT2D eigenvalue weighted by atomic mass is 16.6. The van der Waals surface area contributed by atoms with Gasteiger partial charge in [-0.25, -0.2) is 0 Å². The van der Waals surface area contributed by atoms with Crippen molar-refractivity contribution < 1.29 is 9.47 Å². The zero-order chi connectivity index (χ0) is 11.2. The van der Waals surface area contributed by atoms with Crippen molar-refractivity contribution in [2.24, 2.45) is 11.5 Å². The zero-order valence-corrected chi connectivity index (χ0v) is 9.80. The Morgan fingerprint density at radius 2 is 1.50 bits per heavy atom. The number of ether oxygens (including phenoxy) is 2. The third-order valence-electron chi connectivity index (χ3n) is 1.91. The van der Waals surface area contributed by atoms with E-state index in [4.69, 9.17) is 20.9 Å². The topological polar surface area (TPSA) is 70.5 Å². The standard InChI is InChI=1S/C10H24N2O2/c1-9(2,7-12)14-8-10(3,4)13-6-5-11/h5-8,11-12H2,1-4H3. The summed E-state index contributed by atoms with van der Waals surface area (Å²) in [6.07, 6.45) is 0. The average molecular weight is 204 g/mol. The fraction of sp³-hybridized carbons (Fsp3) is 1.00. The molecule has 0 spiro atoms. The van der Waals surface area contributed by atoms with Crippen molar-refractivity contribution in [1.29, 1.82) is 0 Å². The summed E-state index contributed by atoms with van der Waals surface area (Å²) in [6.45, 7) is 10.0. The van der Waals surface area contributed by atoms with Gasteiger partial charge in [-0.15, -0.1) is 0 Å². The van der Waals surface area contributed by atoms with E-state index in [-0.39, 0.29) is 11.2 Å². The Kier molecular flexibility index (Phi) is 5.59. The van der Waals surface area contributed by atoms with Gasteiger partial charge in [0.1, 0.15) is 0 Å². The highest BCUT2D eigenvalue weighted by Gasteiger charge is 2.24. The fourth-order valence-corrected chi connectivity index (χ4v) is 0.805. The maximum Gasteiger partial charge on any atom is 0.0859 e. The van der Waals surface area contributed by atoms with E-state index in [2.05, 4.69) is 0 Å². The monoisotopic (exact) mass is 204 g/mol. The Morgan fingerprint density at radius 3 is 1.93 bits per heavy atom. The Balaban J connectivity index is 3.85. The predicted molar refractivity (Wildman–Crippen MR) is 58.2 cm³/mol. The van der Waals surface area contributed by atoms with Crippen molar-refractivity contribution in [2.45, 2.75) is 38.9 Å². The first-order chi connectivity index (χ1) is 6.33. The molecule has 4 heteroatoms. The fourth-order valence-electron chi connectivity index (χ4n) is 0.805. The van der Waals surface area contributed by atoms with Crippen LogP contribution in [0.1, 0.15) is 27.7 Å². The van der Waals surface area contributed by atoms with Crippen LogP contribution in [0.25, 0.3) is 0 Å². The molecule has 0 aliphatic carbocycles.